The molecule has 0 radical (unpaired) electrons. The van der Waals surface area contributed by atoms with Crippen molar-refractivity contribution >= 4 is 0 Å². The molecule has 1 aliphatic carbocycles. The highest BCUT2D eigenvalue weighted by molar-refractivity contribution is 4.89. The Morgan fingerprint density at radius 3 is 2.67 bits per heavy atom. The predicted octanol–water partition coefficient (Wildman–Crippen LogP) is 2.88. The fourth-order valence-corrected chi connectivity index (χ4v) is 4.57. The van der Waals surface area contributed by atoms with Gasteiger partial charge in [-0.05, 0) is 69.9 Å². The molecule has 2 aliphatic rings. The van der Waals surface area contributed by atoms with Crippen LogP contribution in [0.1, 0.15) is 58.8 Å². The molecule has 1 aliphatic heterocycles. The number of nitrogens with one attached hydrogen (secondary N) is 1. The molecule has 0 spiro atoms. The highest BCUT2D eigenvalue weighted by Crippen LogP contribution is 2.35. The molecule has 4 unspecified atom stereocenters. The Bertz CT molecular complexity index is 293. The van der Waals surface area contributed by atoms with E-state index in [0.29, 0.717) is 18.7 Å². The zero-order valence-electron chi connectivity index (χ0n) is 14.4. The third-order valence-corrected chi connectivity index (χ3v) is 6.02. The van der Waals surface area contributed by atoms with E-state index in [2.05, 4.69) is 31.1 Å². The minimum atomic E-state index is 0.343. The van der Waals surface area contributed by atoms with E-state index in [9.17, 15) is 5.11 Å². The molecule has 1 saturated heterocycles. The van der Waals surface area contributed by atoms with Gasteiger partial charge in [0.1, 0.15) is 0 Å². The SMILES string of the molecule is CNC1CCC(C(C)C)CC1CN1CCCCC1CCO. The van der Waals surface area contributed by atoms with Crippen molar-refractivity contribution in [2.75, 3.05) is 26.7 Å². The zero-order valence-corrected chi connectivity index (χ0v) is 14.4. The van der Waals surface area contributed by atoms with Gasteiger partial charge in [0.2, 0.25) is 0 Å². The molecule has 2 fully saturated rings. The fraction of sp³-hybridized carbons (Fsp3) is 1.00. The van der Waals surface area contributed by atoms with Crippen LogP contribution < -0.4 is 5.32 Å². The molecule has 0 aromatic carbocycles. The van der Waals surface area contributed by atoms with Crippen LogP contribution in [0.4, 0.5) is 0 Å². The Kier molecular flexibility index (Phi) is 6.97. The number of aliphatic hydroxyl groups excluding tert-OH is 1. The van der Waals surface area contributed by atoms with E-state index in [4.69, 9.17) is 0 Å². The minimum absolute atomic E-state index is 0.343. The smallest absolute Gasteiger partial charge is 0.0445 e. The van der Waals surface area contributed by atoms with Gasteiger partial charge in [0.25, 0.3) is 0 Å². The first-order valence-corrected chi connectivity index (χ1v) is 9.17. The number of aliphatic hydroxyl groups is 1. The lowest BCUT2D eigenvalue weighted by Gasteiger charge is -2.43. The standard InChI is InChI=1S/C18H36N2O/c1-14(2)15-7-8-18(19-3)16(12-15)13-20-10-5-4-6-17(20)9-11-21/h14-19,21H,4-13H2,1-3H3. The minimum Gasteiger partial charge on any atom is -0.396 e. The lowest BCUT2D eigenvalue weighted by molar-refractivity contribution is 0.0679. The van der Waals surface area contributed by atoms with E-state index in [0.717, 1.165) is 24.2 Å². The Morgan fingerprint density at radius 2 is 2.00 bits per heavy atom. The van der Waals surface area contributed by atoms with Gasteiger partial charge in [-0.1, -0.05) is 20.3 Å². The monoisotopic (exact) mass is 296 g/mol. The summed E-state index contributed by atoms with van der Waals surface area (Å²) in [5.41, 5.74) is 0. The molecule has 21 heavy (non-hydrogen) atoms. The van der Waals surface area contributed by atoms with Crippen molar-refractivity contribution in [3.05, 3.63) is 0 Å². The van der Waals surface area contributed by atoms with Gasteiger partial charge in [0, 0.05) is 25.2 Å². The molecule has 0 aromatic heterocycles. The number of nitrogens with zero attached hydrogens (tertiary/aromatic N) is 1. The highest BCUT2D eigenvalue weighted by Gasteiger charge is 2.33. The average Bonchev–Trinajstić information content (AvgIpc) is 2.49. The first-order valence-electron chi connectivity index (χ1n) is 9.17. The van der Waals surface area contributed by atoms with E-state index in [1.807, 2.05) is 0 Å². The van der Waals surface area contributed by atoms with E-state index < -0.39 is 0 Å². The molecule has 124 valence electrons. The third kappa shape index (κ3) is 4.67. The Labute approximate surface area is 131 Å². The summed E-state index contributed by atoms with van der Waals surface area (Å²) in [7, 11) is 2.13. The Balaban J connectivity index is 1.96. The van der Waals surface area contributed by atoms with Gasteiger partial charge in [0.15, 0.2) is 0 Å². The molecule has 3 nitrogen and oxygen atoms in total. The summed E-state index contributed by atoms with van der Waals surface area (Å²) in [6.45, 7) is 7.59. The van der Waals surface area contributed by atoms with Crippen molar-refractivity contribution < 1.29 is 5.11 Å². The van der Waals surface area contributed by atoms with Crippen LogP contribution in [-0.2, 0) is 0 Å². The summed E-state index contributed by atoms with van der Waals surface area (Å²) in [4.78, 5) is 2.69. The number of piperidine rings is 1. The van der Waals surface area contributed by atoms with Gasteiger partial charge in [0.05, 0.1) is 0 Å². The molecule has 0 amide bonds. The molecule has 1 heterocycles. The van der Waals surface area contributed by atoms with Gasteiger partial charge in [-0.2, -0.15) is 0 Å². The van der Waals surface area contributed by atoms with E-state index in [1.165, 1.54) is 51.6 Å². The molecular formula is C18H36N2O. The van der Waals surface area contributed by atoms with Crippen molar-refractivity contribution in [2.45, 2.75) is 70.9 Å². The Morgan fingerprint density at radius 1 is 1.19 bits per heavy atom. The van der Waals surface area contributed by atoms with Gasteiger partial charge in [-0.25, -0.2) is 0 Å². The topological polar surface area (TPSA) is 35.5 Å². The highest BCUT2D eigenvalue weighted by atomic mass is 16.3. The van der Waals surface area contributed by atoms with Crippen molar-refractivity contribution in [1.82, 2.24) is 10.2 Å². The summed E-state index contributed by atoms with van der Waals surface area (Å²) in [6, 6.07) is 1.32. The number of hydrogen-bond acceptors (Lipinski definition) is 3. The van der Waals surface area contributed by atoms with Gasteiger partial charge in [-0.3, -0.25) is 4.90 Å². The summed E-state index contributed by atoms with van der Waals surface area (Å²) in [5.74, 6) is 2.51. The van der Waals surface area contributed by atoms with Crippen LogP contribution in [0.3, 0.4) is 0 Å². The quantitative estimate of drug-likeness (QED) is 0.791. The van der Waals surface area contributed by atoms with Crippen molar-refractivity contribution in [3.8, 4) is 0 Å². The van der Waals surface area contributed by atoms with Crippen molar-refractivity contribution in [1.29, 1.82) is 0 Å². The van der Waals surface area contributed by atoms with Crippen LogP contribution in [-0.4, -0.2) is 48.8 Å². The molecule has 2 N–H and O–H groups in total. The average molecular weight is 296 g/mol. The number of likely N-dealkylation sites (tertiary alicyclic amines) is 1. The second-order valence-corrected chi connectivity index (χ2v) is 7.63. The van der Waals surface area contributed by atoms with E-state index in [-0.39, 0.29) is 0 Å². The second kappa shape index (κ2) is 8.50. The van der Waals surface area contributed by atoms with E-state index >= 15 is 0 Å². The molecule has 2 rings (SSSR count). The second-order valence-electron chi connectivity index (χ2n) is 7.63. The summed E-state index contributed by atoms with van der Waals surface area (Å²) in [5, 5.41) is 12.9. The largest absolute Gasteiger partial charge is 0.396 e. The lowest BCUT2D eigenvalue weighted by Crippen LogP contribution is -2.49. The third-order valence-electron chi connectivity index (χ3n) is 6.02. The normalized spacial score (nSPS) is 35.3. The summed E-state index contributed by atoms with van der Waals surface area (Å²) in [6.07, 6.45) is 9.03. The molecule has 1 saturated carbocycles. The van der Waals surface area contributed by atoms with Crippen LogP contribution >= 0.6 is 0 Å². The predicted molar refractivity (Wildman–Crippen MR) is 89.4 cm³/mol. The molecule has 4 atom stereocenters. The van der Waals surface area contributed by atoms with Crippen LogP contribution in [0, 0.1) is 17.8 Å². The first-order chi connectivity index (χ1) is 10.2. The number of hydrogen-bond donors (Lipinski definition) is 2. The van der Waals surface area contributed by atoms with Crippen LogP contribution in [0.5, 0.6) is 0 Å². The summed E-state index contributed by atoms with van der Waals surface area (Å²) >= 11 is 0. The maximum absolute atomic E-state index is 9.32. The molecular weight excluding hydrogens is 260 g/mol. The molecule has 0 bridgehead atoms. The van der Waals surface area contributed by atoms with Gasteiger partial charge < -0.3 is 10.4 Å². The van der Waals surface area contributed by atoms with Crippen LogP contribution in [0.15, 0.2) is 0 Å². The first kappa shape index (κ1) is 17.2. The molecule has 0 aromatic rings. The fourth-order valence-electron chi connectivity index (χ4n) is 4.57. The summed E-state index contributed by atoms with van der Waals surface area (Å²) < 4.78 is 0. The zero-order chi connectivity index (χ0) is 15.2. The molecule has 3 heteroatoms. The van der Waals surface area contributed by atoms with Gasteiger partial charge >= 0.3 is 0 Å². The van der Waals surface area contributed by atoms with Crippen molar-refractivity contribution in [3.63, 3.8) is 0 Å². The lowest BCUT2D eigenvalue weighted by atomic mass is 9.73. The Hall–Kier alpha value is -0.120. The van der Waals surface area contributed by atoms with Gasteiger partial charge in [-0.15, -0.1) is 0 Å². The maximum Gasteiger partial charge on any atom is 0.0445 e. The van der Waals surface area contributed by atoms with Crippen LogP contribution in [0.2, 0.25) is 0 Å². The maximum atomic E-state index is 9.32. The van der Waals surface area contributed by atoms with E-state index in [1.54, 1.807) is 0 Å². The van der Waals surface area contributed by atoms with Crippen LogP contribution in [0.25, 0.3) is 0 Å². The van der Waals surface area contributed by atoms with Crippen molar-refractivity contribution in [2.24, 2.45) is 17.8 Å². The number of rotatable bonds is 6.